The summed E-state index contributed by atoms with van der Waals surface area (Å²) >= 11 is 0. The molecule has 0 unspecified atom stereocenters. The van der Waals surface area contributed by atoms with E-state index in [4.69, 9.17) is 5.73 Å². The molecule has 136 valence electrons. The molecular formula is C20H19FN6. The van der Waals surface area contributed by atoms with E-state index in [1.54, 1.807) is 18.2 Å². The predicted molar refractivity (Wildman–Crippen MR) is 103 cm³/mol. The van der Waals surface area contributed by atoms with E-state index in [1.807, 2.05) is 32.9 Å². The van der Waals surface area contributed by atoms with Gasteiger partial charge in [0.1, 0.15) is 5.82 Å². The molecule has 0 saturated carbocycles. The van der Waals surface area contributed by atoms with Crippen LogP contribution in [0.1, 0.15) is 24.1 Å². The second-order valence-corrected chi connectivity index (χ2v) is 6.43. The molecule has 0 aliphatic carbocycles. The summed E-state index contributed by atoms with van der Waals surface area (Å²) in [5.74, 6) is 0.451. The van der Waals surface area contributed by atoms with Crippen LogP contribution in [0, 0.1) is 19.7 Å². The number of fused-ring (bicyclic) bond motifs is 1. The molecule has 4 aromatic rings. The molecule has 7 heteroatoms. The molecule has 6 nitrogen and oxygen atoms in total. The molecule has 0 atom stereocenters. The zero-order chi connectivity index (χ0) is 19.1. The third-order valence-corrected chi connectivity index (χ3v) is 4.37. The number of aromatic nitrogens is 5. The number of halogens is 1. The number of anilines is 1. The third-order valence-electron chi connectivity index (χ3n) is 4.37. The maximum absolute atomic E-state index is 14.6. The molecule has 0 radical (unpaired) electrons. The van der Waals surface area contributed by atoms with Crippen molar-refractivity contribution in [2.75, 3.05) is 5.73 Å². The molecule has 0 fully saturated rings. The Morgan fingerprint density at radius 1 is 1.04 bits per heavy atom. The predicted octanol–water partition coefficient (Wildman–Crippen LogP) is 3.75. The van der Waals surface area contributed by atoms with Crippen LogP contribution in [0.2, 0.25) is 0 Å². The number of benzene rings is 1. The van der Waals surface area contributed by atoms with Crippen molar-refractivity contribution in [1.29, 1.82) is 0 Å². The van der Waals surface area contributed by atoms with Crippen LogP contribution in [0.15, 0.2) is 36.4 Å². The number of nitrogen functional groups attached to an aromatic ring is 1. The van der Waals surface area contributed by atoms with Gasteiger partial charge in [0.05, 0.1) is 11.3 Å². The molecule has 1 aromatic carbocycles. The van der Waals surface area contributed by atoms with Crippen molar-refractivity contribution in [2.24, 2.45) is 0 Å². The van der Waals surface area contributed by atoms with E-state index in [-0.39, 0.29) is 11.8 Å². The minimum atomic E-state index is -0.368. The standard InChI is InChI=1S/C20H19FN6/c1-4-16-24-19-17(13-9-11(2)23-12(3)10-13)18(25-20(22)27(19)26-16)14-7-5-6-8-15(14)21/h5-10H,4H2,1-3H3,(H2,22,25). The van der Waals surface area contributed by atoms with E-state index in [0.29, 0.717) is 34.7 Å². The molecule has 0 aliphatic heterocycles. The Morgan fingerprint density at radius 2 is 1.74 bits per heavy atom. The lowest BCUT2D eigenvalue weighted by atomic mass is 9.99. The second kappa shape index (κ2) is 6.42. The van der Waals surface area contributed by atoms with Crippen molar-refractivity contribution in [2.45, 2.75) is 27.2 Å². The fourth-order valence-electron chi connectivity index (χ4n) is 3.24. The summed E-state index contributed by atoms with van der Waals surface area (Å²) in [6.45, 7) is 5.81. The number of hydrogen-bond acceptors (Lipinski definition) is 5. The molecule has 3 aromatic heterocycles. The summed E-state index contributed by atoms with van der Waals surface area (Å²) in [5, 5.41) is 4.43. The van der Waals surface area contributed by atoms with Gasteiger partial charge in [0, 0.05) is 23.4 Å². The van der Waals surface area contributed by atoms with Gasteiger partial charge in [0.15, 0.2) is 11.5 Å². The number of nitrogens with two attached hydrogens (primary N) is 1. The van der Waals surface area contributed by atoms with E-state index < -0.39 is 0 Å². The summed E-state index contributed by atoms with van der Waals surface area (Å²) in [7, 11) is 0. The maximum atomic E-state index is 14.6. The van der Waals surface area contributed by atoms with Crippen LogP contribution in [0.25, 0.3) is 28.0 Å². The molecule has 0 aliphatic rings. The van der Waals surface area contributed by atoms with Gasteiger partial charge in [0.25, 0.3) is 0 Å². The zero-order valence-electron chi connectivity index (χ0n) is 15.4. The minimum absolute atomic E-state index is 0.168. The summed E-state index contributed by atoms with van der Waals surface area (Å²) in [4.78, 5) is 13.6. The van der Waals surface area contributed by atoms with Crippen molar-refractivity contribution in [1.82, 2.24) is 24.6 Å². The quantitative estimate of drug-likeness (QED) is 0.600. The Hall–Kier alpha value is -3.35. The van der Waals surface area contributed by atoms with Crippen molar-refractivity contribution < 1.29 is 4.39 Å². The van der Waals surface area contributed by atoms with Crippen LogP contribution in [0.4, 0.5) is 10.3 Å². The fourth-order valence-corrected chi connectivity index (χ4v) is 3.24. The lowest BCUT2D eigenvalue weighted by Crippen LogP contribution is -2.06. The van der Waals surface area contributed by atoms with Crippen LogP contribution in [-0.4, -0.2) is 24.6 Å². The van der Waals surface area contributed by atoms with E-state index in [1.165, 1.54) is 10.6 Å². The van der Waals surface area contributed by atoms with E-state index in [9.17, 15) is 4.39 Å². The third kappa shape index (κ3) is 2.91. The Labute approximate surface area is 155 Å². The van der Waals surface area contributed by atoms with Crippen LogP contribution >= 0.6 is 0 Å². The van der Waals surface area contributed by atoms with Gasteiger partial charge in [-0.1, -0.05) is 19.1 Å². The van der Waals surface area contributed by atoms with Crippen molar-refractivity contribution in [3.05, 3.63) is 59.4 Å². The maximum Gasteiger partial charge on any atom is 0.223 e. The average Bonchev–Trinajstić information content (AvgIpc) is 3.06. The zero-order valence-corrected chi connectivity index (χ0v) is 15.4. The second-order valence-electron chi connectivity index (χ2n) is 6.43. The molecule has 0 spiro atoms. The Kier molecular flexibility index (Phi) is 4.07. The lowest BCUT2D eigenvalue weighted by molar-refractivity contribution is 0.630. The van der Waals surface area contributed by atoms with Crippen molar-refractivity contribution >= 4 is 11.6 Å². The molecule has 4 rings (SSSR count). The van der Waals surface area contributed by atoms with E-state index in [2.05, 4.69) is 20.1 Å². The number of hydrogen-bond donors (Lipinski definition) is 1. The number of nitrogens with zero attached hydrogens (tertiary/aromatic N) is 5. The Bertz CT molecular complexity index is 1140. The molecule has 2 N–H and O–H groups in total. The first-order chi connectivity index (χ1) is 13.0. The van der Waals surface area contributed by atoms with Crippen LogP contribution in [-0.2, 0) is 6.42 Å². The Balaban J connectivity index is 2.15. The van der Waals surface area contributed by atoms with Crippen LogP contribution < -0.4 is 5.73 Å². The molecule has 0 bridgehead atoms. The normalized spacial score (nSPS) is 11.3. The largest absolute Gasteiger partial charge is 0.368 e. The molecule has 3 heterocycles. The lowest BCUT2D eigenvalue weighted by Gasteiger charge is -2.13. The van der Waals surface area contributed by atoms with E-state index >= 15 is 0 Å². The highest BCUT2D eigenvalue weighted by molar-refractivity contribution is 5.91. The smallest absolute Gasteiger partial charge is 0.223 e. The summed E-state index contributed by atoms with van der Waals surface area (Å²) in [6.07, 6.45) is 0.657. The van der Waals surface area contributed by atoms with Gasteiger partial charge >= 0.3 is 0 Å². The first-order valence-electron chi connectivity index (χ1n) is 8.73. The monoisotopic (exact) mass is 362 g/mol. The highest BCUT2D eigenvalue weighted by atomic mass is 19.1. The molecular weight excluding hydrogens is 343 g/mol. The number of aryl methyl sites for hydroxylation is 3. The van der Waals surface area contributed by atoms with E-state index in [0.717, 1.165) is 17.0 Å². The van der Waals surface area contributed by atoms with Gasteiger partial charge < -0.3 is 5.73 Å². The molecule has 0 saturated heterocycles. The van der Waals surface area contributed by atoms with Gasteiger partial charge in [-0.3, -0.25) is 4.98 Å². The van der Waals surface area contributed by atoms with Gasteiger partial charge in [0.2, 0.25) is 5.95 Å². The SMILES string of the molecule is CCc1nc2c(-c3cc(C)nc(C)c3)c(-c3ccccc3F)nc(N)n2n1. The summed E-state index contributed by atoms with van der Waals surface area (Å²) in [6, 6.07) is 10.4. The average molecular weight is 362 g/mol. The van der Waals surface area contributed by atoms with Gasteiger partial charge in [-0.2, -0.15) is 4.52 Å². The van der Waals surface area contributed by atoms with Gasteiger partial charge in [-0.15, -0.1) is 5.10 Å². The van der Waals surface area contributed by atoms with Crippen molar-refractivity contribution in [3.63, 3.8) is 0 Å². The molecule has 0 amide bonds. The molecule has 27 heavy (non-hydrogen) atoms. The highest BCUT2D eigenvalue weighted by Gasteiger charge is 2.21. The van der Waals surface area contributed by atoms with Gasteiger partial charge in [-0.25, -0.2) is 14.4 Å². The topological polar surface area (TPSA) is 82.0 Å². The first-order valence-corrected chi connectivity index (χ1v) is 8.73. The number of rotatable bonds is 3. The van der Waals surface area contributed by atoms with Crippen LogP contribution in [0.3, 0.4) is 0 Å². The van der Waals surface area contributed by atoms with Crippen LogP contribution in [0.5, 0.6) is 0 Å². The fraction of sp³-hybridized carbons (Fsp3) is 0.200. The van der Waals surface area contributed by atoms with Crippen molar-refractivity contribution in [3.8, 4) is 22.4 Å². The summed E-state index contributed by atoms with van der Waals surface area (Å²) < 4.78 is 16.1. The Morgan fingerprint density at radius 3 is 2.41 bits per heavy atom. The first kappa shape index (κ1) is 17.1. The number of pyridine rings is 1. The van der Waals surface area contributed by atoms with Gasteiger partial charge in [-0.05, 0) is 43.7 Å². The highest BCUT2D eigenvalue weighted by Crippen LogP contribution is 2.36. The minimum Gasteiger partial charge on any atom is -0.368 e. The summed E-state index contributed by atoms with van der Waals surface area (Å²) in [5.41, 5.74) is 10.8.